The second kappa shape index (κ2) is 3.81. The molecule has 1 aromatic rings. The SMILES string of the molecule is C=C1CO[C@H](c2ccccc2)C1(C#N)C#N. The van der Waals surface area contributed by atoms with Gasteiger partial charge in [-0.3, -0.25) is 0 Å². The van der Waals surface area contributed by atoms with E-state index >= 15 is 0 Å². The molecule has 0 bridgehead atoms. The third-order valence-electron chi connectivity index (χ3n) is 2.83. The third kappa shape index (κ3) is 1.31. The van der Waals surface area contributed by atoms with E-state index < -0.39 is 11.5 Å². The predicted octanol–water partition coefficient (Wildman–Crippen LogP) is 2.35. The Hall–Kier alpha value is -2.10. The summed E-state index contributed by atoms with van der Waals surface area (Å²) in [5, 5.41) is 18.4. The Morgan fingerprint density at radius 1 is 1.25 bits per heavy atom. The van der Waals surface area contributed by atoms with Gasteiger partial charge in [-0.2, -0.15) is 10.5 Å². The Kier molecular flexibility index (Phi) is 2.48. The molecule has 1 heterocycles. The van der Waals surface area contributed by atoms with Gasteiger partial charge in [-0.1, -0.05) is 36.9 Å². The average Bonchev–Trinajstić information content (AvgIpc) is 2.68. The highest BCUT2D eigenvalue weighted by atomic mass is 16.5. The summed E-state index contributed by atoms with van der Waals surface area (Å²) in [4.78, 5) is 0. The van der Waals surface area contributed by atoms with E-state index in [1.807, 2.05) is 42.5 Å². The maximum atomic E-state index is 9.21. The molecule has 0 unspecified atom stereocenters. The Balaban J connectivity index is 2.49. The molecule has 0 aliphatic carbocycles. The highest BCUT2D eigenvalue weighted by molar-refractivity contribution is 5.41. The van der Waals surface area contributed by atoms with Crippen molar-refractivity contribution in [2.75, 3.05) is 6.61 Å². The number of hydrogen-bond acceptors (Lipinski definition) is 3. The number of nitriles is 2. The van der Waals surface area contributed by atoms with E-state index in [2.05, 4.69) is 6.58 Å². The topological polar surface area (TPSA) is 56.8 Å². The largest absolute Gasteiger partial charge is 0.366 e. The predicted molar refractivity (Wildman–Crippen MR) is 57.9 cm³/mol. The second-order valence-corrected chi connectivity index (χ2v) is 3.74. The number of rotatable bonds is 1. The van der Waals surface area contributed by atoms with E-state index in [-0.39, 0.29) is 6.61 Å². The second-order valence-electron chi connectivity index (χ2n) is 3.74. The van der Waals surface area contributed by atoms with Crippen LogP contribution in [0.2, 0.25) is 0 Å². The summed E-state index contributed by atoms with van der Waals surface area (Å²) in [5.74, 6) is 0. The molecule has 2 rings (SSSR count). The number of benzene rings is 1. The number of hydrogen-bond donors (Lipinski definition) is 0. The van der Waals surface area contributed by atoms with E-state index in [0.29, 0.717) is 5.57 Å². The van der Waals surface area contributed by atoms with Crippen LogP contribution >= 0.6 is 0 Å². The molecule has 1 saturated heterocycles. The van der Waals surface area contributed by atoms with Crippen LogP contribution in [0, 0.1) is 28.1 Å². The first-order valence-corrected chi connectivity index (χ1v) is 4.92. The molecule has 1 aromatic carbocycles. The van der Waals surface area contributed by atoms with Crippen LogP contribution in [-0.4, -0.2) is 6.61 Å². The standard InChI is InChI=1S/C13H10N2O/c1-10-7-16-12(13(10,8-14)9-15)11-5-3-2-4-6-11/h2-6,12H,1,7H2/t12-/m1/s1. The fourth-order valence-electron chi connectivity index (χ4n) is 1.88. The van der Waals surface area contributed by atoms with Crippen molar-refractivity contribution >= 4 is 0 Å². The lowest BCUT2D eigenvalue weighted by Crippen LogP contribution is -2.22. The summed E-state index contributed by atoms with van der Waals surface area (Å²) in [5.41, 5.74) is 0.122. The molecule has 0 radical (unpaired) electrons. The van der Waals surface area contributed by atoms with E-state index in [4.69, 9.17) is 4.74 Å². The zero-order valence-electron chi connectivity index (χ0n) is 8.68. The van der Waals surface area contributed by atoms with Crippen molar-refractivity contribution in [3.63, 3.8) is 0 Å². The van der Waals surface area contributed by atoms with Gasteiger partial charge in [0.2, 0.25) is 0 Å². The van der Waals surface area contributed by atoms with Gasteiger partial charge >= 0.3 is 0 Å². The van der Waals surface area contributed by atoms with E-state index in [9.17, 15) is 10.5 Å². The molecule has 0 saturated carbocycles. The van der Waals surface area contributed by atoms with Crippen molar-refractivity contribution in [1.82, 2.24) is 0 Å². The Morgan fingerprint density at radius 2 is 1.88 bits per heavy atom. The summed E-state index contributed by atoms with van der Waals surface area (Å²) >= 11 is 0. The summed E-state index contributed by atoms with van der Waals surface area (Å²) in [6, 6.07) is 13.4. The molecule has 3 heteroatoms. The minimum Gasteiger partial charge on any atom is -0.366 e. The normalized spacial score (nSPS) is 22.4. The molecule has 0 N–H and O–H groups in total. The minimum absolute atomic E-state index is 0.265. The molecule has 0 amide bonds. The van der Waals surface area contributed by atoms with Crippen LogP contribution in [-0.2, 0) is 4.74 Å². The van der Waals surface area contributed by atoms with Crippen LogP contribution < -0.4 is 0 Å². The Labute approximate surface area is 94.2 Å². The van der Waals surface area contributed by atoms with Gasteiger partial charge < -0.3 is 4.74 Å². The van der Waals surface area contributed by atoms with Gasteiger partial charge in [0.1, 0.15) is 6.10 Å². The van der Waals surface area contributed by atoms with Crippen molar-refractivity contribution in [2.45, 2.75) is 6.10 Å². The fraction of sp³-hybridized carbons (Fsp3) is 0.231. The molecule has 1 fully saturated rings. The maximum absolute atomic E-state index is 9.21. The van der Waals surface area contributed by atoms with Gasteiger partial charge in [-0.05, 0) is 11.1 Å². The van der Waals surface area contributed by atoms with Gasteiger partial charge in [0, 0.05) is 0 Å². The smallest absolute Gasteiger partial charge is 0.196 e. The van der Waals surface area contributed by atoms with Crippen LogP contribution in [0.5, 0.6) is 0 Å². The zero-order valence-corrected chi connectivity index (χ0v) is 8.68. The van der Waals surface area contributed by atoms with Crippen molar-refractivity contribution in [3.8, 4) is 12.1 Å². The van der Waals surface area contributed by atoms with Crippen LogP contribution in [0.15, 0.2) is 42.5 Å². The van der Waals surface area contributed by atoms with E-state index in [0.717, 1.165) is 5.56 Å². The van der Waals surface area contributed by atoms with Crippen molar-refractivity contribution in [3.05, 3.63) is 48.0 Å². The molecular weight excluding hydrogens is 200 g/mol. The average molecular weight is 210 g/mol. The van der Waals surface area contributed by atoms with E-state index in [1.54, 1.807) is 0 Å². The lowest BCUT2D eigenvalue weighted by Gasteiger charge is -2.20. The molecule has 0 aromatic heterocycles. The van der Waals surface area contributed by atoms with Gasteiger partial charge in [-0.25, -0.2) is 0 Å². The summed E-state index contributed by atoms with van der Waals surface area (Å²) in [7, 11) is 0. The first kappa shape index (κ1) is 10.4. The molecule has 0 spiro atoms. The van der Waals surface area contributed by atoms with Gasteiger partial charge in [0.25, 0.3) is 0 Å². The van der Waals surface area contributed by atoms with Crippen molar-refractivity contribution in [1.29, 1.82) is 10.5 Å². The lowest BCUT2D eigenvalue weighted by atomic mass is 9.78. The quantitative estimate of drug-likeness (QED) is 0.668. The first-order chi connectivity index (χ1) is 7.74. The lowest BCUT2D eigenvalue weighted by molar-refractivity contribution is 0.0866. The molecule has 1 aliphatic heterocycles. The summed E-state index contributed by atoms with van der Waals surface area (Å²) in [6.45, 7) is 4.02. The third-order valence-corrected chi connectivity index (χ3v) is 2.83. The van der Waals surface area contributed by atoms with Crippen LogP contribution in [0.1, 0.15) is 11.7 Å². The highest BCUT2D eigenvalue weighted by Crippen LogP contribution is 2.46. The molecular formula is C13H10N2O. The number of ether oxygens (including phenoxy) is 1. The van der Waals surface area contributed by atoms with Crippen LogP contribution in [0.3, 0.4) is 0 Å². The molecule has 3 nitrogen and oxygen atoms in total. The molecule has 1 atom stereocenters. The van der Waals surface area contributed by atoms with Crippen LogP contribution in [0.4, 0.5) is 0 Å². The van der Waals surface area contributed by atoms with Gasteiger partial charge in [0.05, 0.1) is 18.7 Å². The molecule has 1 aliphatic rings. The van der Waals surface area contributed by atoms with Gasteiger partial charge in [-0.15, -0.1) is 0 Å². The maximum Gasteiger partial charge on any atom is 0.196 e. The van der Waals surface area contributed by atoms with Crippen molar-refractivity contribution < 1.29 is 4.74 Å². The Morgan fingerprint density at radius 3 is 2.44 bits per heavy atom. The van der Waals surface area contributed by atoms with Crippen molar-refractivity contribution in [2.24, 2.45) is 5.41 Å². The van der Waals surface area contributed by atoms with E-state index in [1.165, 1.54) is 0 Å². The summed E-state index contributed by atoms with van der Waals surface area (Å²) < 4.78 is 5.50. The minimum atomic E-state index is -1.25. The fourth-order valence-corrected chi connectivity index (χ4v) is 1.88. The van der Waals surface area contributed by atoms with Crippen LogP contribution in [0.25, 0.3) is 0 Å². The zero-order chi connectivity index (χ0) is 11.6. The number of nitrogens with zero attached hydrogens (tertiary/aromatic N) is 2. The van der Waals surface area contributed by atoms with Gasteiger partial charge in [0.15, 0.2) is 5.41 Å². The molecule has 78 valence electrons. The Bertz CT molecular complexity index is 479. The highest BCUT2D eigenvalue weighted by Gasteiger charge is 2.49. The summed E-state index contributed by atoms with van der Waals surface area (Å²) in [6.07, 6.45) is -0.531. The molecule has 16 heavy (non-hydrogen) atoms. The first-order valence-electron chi connectivity index (χ1n) is 4.92. The monoisotopic (exact) mass is 210 g/mol.